The second kappa shape index (κ2) is 7.21. The van der Waals surface area contributed by atoms with Crippen LogP contribution in [-0.4, -0.2) is 34.2 Å². The number of hydrogen-bond acceptors (Lipinski definition) is 4. The molecule has 7 heteroatoms. The summed E-state index contributed by atoms with van der Waals surface area (Å²) in [5, 5.41) is 7.56. The number of halogens is 1. The van der Waals surface area contributed by atoms with Crippen molar-refractivity contribution in [2.24, 2.45) is 11.1 Å². The van der Waals surface area contributed by atoms with Crippen molar-refractivity contribution in [1.82, 2.24) is 15.3 Å². The van der Waals surface area contributed by atoms with E-state index in [0.717, 1.165) is 35.4 Å². The lowest BCUT2D eigenvalue weighted by atomic mass is 10.0. The summed E-state index contributed by atoms with van der Waals surface area (Å²) < 4.78 is 0. The number of rotatable bonds is 6. The number of fused-ring (bicyclic) bond motifs is 1. The molecule has 1 atom stereocenters. The van der Waals surface area contributed by atoms with Crippen molar-refractivity contribution >= 4 is 34.3 Å². The maximum absolute atomic E-state index is 12.1. The molecule has 1 amide bonds. The lowest BCUT2D eigenvalue weighted by Crippen LogP contribution is -2.35. The van der Waals surface area contributed by atoms with Gasteiger partial charge in [0, 0.05) is 24.4 Å². The SMILES string of the molecule is CC(C)C1=NO[C@@H](C(=O)NCCCc2nc3ccc(Cl)cc3[nH]2)C1. The van der Waals surface area contributed by atoms with Gasteiger partial charge in [-0.3, -0.25) is 4.79 Å². The van der Waals surface area contributed by atoms with Crippen LogP contribution in [0, 0.1) is 5.92 Å². The third-order valence-corrected chi connectivity index (χ3v) is 4.27. The second-order valence-electron chi connectivity index (χ2n) is 6.28. The molecule has 2 heterocycles. The highest BCUT2D eigenvalue weighted by molar-refractivity contribution is 6.31. The minimum Gasteiger partial charge on any atom is -0.382 e. The first-order valence-corrected chi connectivity index (χ1v) is 8.55. The molecule has 3 rings (SSSR count). The Bertz CT molecular complexity index is 769. The van der Waals surface area contributed by atoms with Crippen molar-refractivity contribution in [2.45, 2.75) is 39.2 Å². The van der Waals surface area contributed by atoms with Crippen molar-refractivity contribution in [3.05, 3.63) is 29.0 Å². The predicted octanol–water partition coefficient (Wildman–Crippen LogP) is 3.07. The van der Waals surface area contributed by atoms with E-state index in [9.17, 15) is 4.79 Å². The van der Waals surface area contributed by atoms with Gasteiger partial charge in [0.1, 0.15) is 5.82 Å². The van der Waals surface area contributed by atoms with Gasteiger partial charge in [-0.1, -0.05) is 30.6 Å². The smallest absolute Gasteiger partial charge is 0.264 e. The maximum Gasteiger partial charge on any atom is 0.264 e. The molecule has 0 aliphatic carbocycles. The van der Waals surface area contributed by atoms with E-state index in [0.29, 0.717) is 23.9 Å². The average molecular weight is 349 g/mol. The van der Waals surface area contributed by atoms with Gasteiger partial charge in [0.05, 0.1) is 16.7 Å². The number of carbonyl (C=O) groups is 1. The number of aromatic nitrogens is 2. The van der Waals surface area contributed by atoms with Crippen LogP contribution in [0.1, 0.15) is 32.5 Å². The van der Waals surface area contributed by atoms with E-state index in [-0.39, 0.29) is 5.91 Å². The fourth-order valence-electron chi connectivity index (χ4n) is 2.61. The van der Waals surface area contributed by atoms with Crippen LogP contribution >= 0.6 is 11.6 Å². The monoisotopic (exact) mass is 348 g/mol. The molecule has 0 bridgehead atoms. The van der Waals surface area contributed by atoms with Gasteiger partial charge in [-0.05, 0) is 30.5 Å². The van der Waals surface area contributed by atoms with E-state index in [1.807, 2.05) is 32.0 Å². The van der Waals surface area contributed by atoms with Gasteiger partial charge in [-0.2, -0.15) is 0 Å². The molecule has 1 aliphatic rings. The highest BCUT2D eigenvalue weighted by Gasteiger charge is 2.28. The molecule has 2 N–H and O–H groups in total. The molecule has 0 spiro atoms. The molecule has 24 heavy (non-hydrogen) atoms. The summed E-state index contributed by atoms with van der Waals surface area (Å²) in [6.45, 7) is 4.67. The summed E-state index contributed by atoms with van der Waals surface area (Å²) in [5.74, 6) is 1.10. The Balaban J connectivity index is 1.42. The van der Waals surface area contributed by atoms with Gasteiger partial charge in [0.25, 0.3) is 5.91 Å². The Morgan fingerprint density at radius 1 is 1.50 bits per heavy atom. The number of nitrogens with zero attached hydrogens (tertiary/aromatic N) is 2. The zero-order valence-electron chi connectivity index (χ0n) is 13.8. The van der Waals surface area contributed by atoms with Crippen molar-refractivity contribution in [3.8, 4) is 0 Å². The van der Waals surface area contributed by atoms with Crippen molar-refractivity contribution in [2.75, 3.05) is 6.54 Å². The van der Waals surface area contributed by atoms with E-state index in [4.69, 9.17) is 16.4 Å². The molecule has 0 saturated carbocycles. The van der Waals surface area contributed by atoms with Crippen LogP contribution in [0.2, 0.25) is 5.02 Å². The fraction of sp³-hybridized carbons (Fsp3) is 0.471. The number of imidazole rings is 1. The third kappa shape index (κ3) is 3.87. The van der Waals surface area contributed by atoms with E-state index < -0.39 is 6.10 Å². The number of aryl methyl sites for hydroxylation is 1. The normalized spacial score (nSPS) is 17.2. The van der Waals surface area contributed by atoms with Crippen molar-refractivity contribution in [3.63, 3.8) is 0 Å². The Labute approximate surface area is 145 Å². The summed E-state index contributed by atoms with van der Waals surface area (Å²) in [7, 11) is 0. The van der Waals surface area contributed by atoms with Crippen molar-refractivity contribution < 1.29 is 9.63 Å². The van der Waals surface area contributed by atoms with Gasteiger partial charge in [0.2, 0.25) is 6.10 Å². The molecule has 1 aliphatic heterocycles. The summed E-state index contributed by atoms with van der Waals surface area (Å²) in [5.41, 5.74) is 2.77. The quantitative estimate of drug-likeness (QED) is 0.787. The average Bonchev–Trinajstić information content (AvgIpc) is 3.17. The van der Waals surface area contributed by atoms with E-state index in [1.165, 1.54) is 0 Å². The Hall–Kier alpha value is -2.08. The first-order chi connectivity index (χ1) is 11.5. The molecule has 6 nitrogen and oxygen atoms in total. The molecule has 128 valence electrons. The van der Waals surface area contributed by atoms with Gasteiger partial charge in [-0.25, -0.2) is 4.98 Å². The van der Waals surface area contributed by atoms with Crippen LogP contribution in [0.4, 0.5) is 0 Å². The van der Waals surface area contributed by atoms with Crippen LogP contribution in [0.15, 0.2) is 23.4 Å². The first-order valence-electron chi connectivity index (χ1n) is 8.17. The number of aromatic amines is 1. The maximum atomic E-state index is 12.1. The van der Waals surface area contributed by atoms with Gasteiger partial charge < -0.3 is 15.1 Å². The highest BCUT2D eigenvalue weighted by atomic mass is 35.5. The van der Waals surface area contributed by atoms with Crippen LogP contribution in [0.3, 0.4) is 0 Å². The van der Waals surface area contributed by atoms with Gasteiger partial charge in [-0.15, -0.1) is 0 Å². The lowest BCUT2D eigenvalue weighted by Gasteiger charge is -2.09. The molecule has 1 aromatic carbocycles. The number of H-pyrrole nitrogens is 1. The van der Waals surface area contributed by atoms with Gasteiger partial charge >= 0.3 is 0 Å². The molecule has 0 radical (unpaired) electrons. The standard InChI is InChI=1S/C17H21ClN4O2/c1-10(2)13-9-15(24-22-13)17(23)19-7-3-4-16-20-12-6-5-11(18)8-14(12)21-16/h5-6,8,10,15H,3-4,7,9H2,1-2H3,(H,19,23)(H,20,21)/t15-/m1/s1. The molecular formula is C17H21ClN4O2. The second-order valence-corrected chi connectivity index (χ2v) is 6.71. The van der Waals surface area contributed by atoms with E-state index in [2.05, 4.69) is 20.4 Å². The zero-order chi connectivity index (χ0) is 17.1. The minimum atomic E-state index is -0.490. The summed E-state index contributed by atoms with van der Waals surface area (Å²) in [4.78, 5) is 25.0. The number of amides is 1. The summed E-state index contributed by atoms with van der Waals surface area (Å²) in [6, 6.07) is 5.58. The van der Waals surface area contributed by atoms with Crippen LogP contribution in [0.25, 0.3) is 11.0 Å². The Morgan fingerprint density at radius 3 is 3.08 bits per heavy atom. The largest absolute Gasteiger partial charge is 0.382 e. The van der Waals surface area contributed by atoms with Crippen molar-refractivity contribution in [1.29, 1.82) is 0 Å². The molecule has 0 fully saturated rings. The Morgan fingerprint density at radius 2 is 2.33 bits per heavy atom. The minimum absolute atomic E-state index is 0.106. The number of oxime groups is 1. The molecule has 0 saturated heterocycles. The molecular weight excluding hydrogens is 328 g/mol. The van der Waals surface area contributed by atoms with Gasteiger partial charge in [0.15, 0.2) is 0 Å². The first kappa shape index (κ1) is 16.8. The molecule has 0 unspecified atom stereocenters. The summed E-state index contributed by atoms with van der Waals surface area (Å²) >= 11 is 5.96. The van der Waals surface area contributed by atoms with Crippen LogP contribution in [0.5, 0.6) is 0 Å². The highest BCUT2D eigenvalue weighted by Crippen LogP contribution is 2.18. The predicted molar refractivity (Wildman–Crippen MR) is 94.2 cm³/mol. The van der Waals surface area contributed by atoms with E-state index in [1.54, 1.807) is 0 Å². The number of carbonyl (C=O) groups excluding carboxylic acids is 1. The zero-order valence-corrected chi connectivity index (χ0v) is 14.6. The Kier molecular flexibility index (Phi) is 5.04. The molecule has 2 aromatic rings. The number of benzene rings is 1. The number of nitrogens with one attached hydrogen (secondary N) is 2. The van der Waals surface area contributed by atoms with E-state index >= 15 is 0 Å². The molecule has 1 aromatic heterocycles. The van der Waals surface area contributed by atoms with Crippen LogP contribution < -0.4 is 5.32 Å². The fourth-order valence-corrected chi connectivity index (χ4v) is 2.78. The topological polar surface area (TPSA) is 79.4 Å². The van der Waals surface area contributed by atoms with Crippen LogP contribution in [-0.2, 0) is 16.1 Å². The lowest BCUT2D eigenvalue weighted by molar-refractivity contribution is -0.131. The summed E-state index contributed by atoms with van der Waals surface area (Å²) in [6.07, 6.45) is 1.64. The third-order valence-electron chi connectivity index (χ3n) is 4.03. The number of hydrogen-bond donors (Lipinski definition) is 2.